The number of unbranched alkanes of at least 4 members (excludes halogenated alkanes) is 4. The standard InChI is InChI=1S/C8H16O2.C6H15NO/c1-2-3-4-5-6-7-8(9)10;1-5(2,7)6(3,4)8/h2-7H2,1H3,(H,9,10);8H,7H2,1-4H3. The molecule has 0 saturated heterocycles. The molecule has 0 aliphatic heterocycles. The van der Waals surface area contributed by atoms with Crippen LogP contribution in [0.1, 0.15) is 73.1 Å². The highest BCUT2D eigenvalue weighted by atomic mass is 16.4. The van der Waals surface area contributed by atoms with Gasteiger partial charge < -0.3 is 15.9 Å². The first-order chi connectivity index (χ1) is 8.02. The lowest BCUT2D eigenvalue weighted by molar-refractivity contribution is -0.137. The van der Waals surface area contributed by atoms with Crippen LogP contribution in [-0.4, -0.2) is 27.3 Å². The molecule has 110 valence electrons. The highest BCUT2D eigenvalue weighted by molar-refractivity contribution is 5.66. The summed E-state index contributed by atoms with van der Waals surface area (Å²) in [6.45, 7) is 9.15. The van der Waals surface area contributed by atoms with E-state index in [0.29, 0.717) is 6.42 Å². The van der Waals surface area contributed by atoms with Gasteiger partial charge in [0.1, 0.15) is 0 Å². The third kappa shape index (κ3) is 13.5. The smallest absolute Gasteiger partial charge is 0.303 e. The van der Waals surface area contributed by atoms with E-state index >= 15 is 0 Å². The number of hydrogen-bond acceptors (Lipinski definition) is 3. The summed E-state index contributed by atoms with van der Waals surface area (Å²) in [5.41, 5.74) is 4.27. The van der Waals surface area contributed by atoms with Gasteiger partial charge in [0.25, 0.3) is 0 Å². The van der Waals surface area contributed by atoms with Crippen LogP contribution in [0.2, 0.25) is 0 Å². The Bertz CT molecular complexity index is 202. The zero-order valence-electron chi connectivity index (χ0n) is 12.6. The molecule has 4 nitrogen and oxygen atoms in total. The molecule has 0 bridgehead atoms. The van der Waals surface area contributed by atoms with Crippen molar-refractivity contribution in [2.24, 2.45) is 5.73 Å². The number of carboxylic acid groups (broad SMARTS) is 1. The van der Waals surface area contributed by atoms with E-state index in [2.05, 4.69) is 6.92 Å². The minimum absolute atomic E-state index is 0.337. The van der Waals surface area contributed by atoms with Crippen molar-refractivity contribution >= 4 is 5.97 Å². The zero-order valence-corrected chi connectivity index (χ0v) is 12.6. The lowest BCUT2D eigenvalue weighted by Gasteiger charge is -2.32. The second-order valence-electron chi connectivity index (χ2n) is 5.84. The van der Waals surface area contributed by atoms with E-state index in [4.69, 9.17) is 10.8 Å². The third-order valence-corrected chi connectivity index (χ3v) is 3.07. The molecule has 18 heavy (non-hydrogen) atoms. The Morgan fingerprint density at radius 1 is 1.06 bits per heavy atom. The van der Waals surface area contributed by atoms with Crippen LogP contribution in [-0.2, 0) is 4.79 Å². The molecule has 0 spiro atoms. The van der Waals surface area contributed by atoms with Crippen LogP contribution >= 0.6 is 0 Å². The van der Waals surface area contributed by atoms with Crippen LogP contribution in [0.25, 0.3) is 0 Å². The van der Waals surface area contributed by atoms with E-state index in [9.17, 15) is 9.90 Å². The molecule has 4 N–H and O–H groups in total. The van der Waals surface area contributed by atoms with Crippen molar-refractivity contribution in [2.75, 3.05) is 0 Å². The molecule has 0 amide bonds. The number of nitrogens with two attached hydrogens (primary N) is 1. The van der Waals surface area contributed by atoms with Crippen LogP contribution in [0, 0.1) is 0 Å². The monoisotopic (exact) mass is 261 g/mol. The van der Waals surface area contributed by atoms with E-state index in [-0.39, 0.29) is 0 Å². The Morgan fingerprint density at radius 3 is 1.72 bits per heavy atom. The third-order valence-electron chi connectivity index (χ3n) is 3.07. The first kappa shape index (κ1) is 19.7. The van der Waals surface area contributed by atoms with Crippen molar-refractivity contribution in [2.45, 2.75) is 84.3 Å². The van der Waals surface area contributed by atoms with Gasteiger partial charge in [-0.1, -0.05) is 32.6 Å². The van der Waals surface area contributed by atoms with Gasteiger partial charge in [0.05, 0.1) is 5.60 Å². The molecule has 0 aliphatic rings. The quantitative estimate of drug-likeness (QED) is 0.615. The predicted octanol–water partition coefficient (Wildman–Crippen LogP) is 2.93. The summed E-state index contributed by atoms with van der Waals surface area (Å²) >= 11 is 0. The molecule has 0 rings (SSSR count). The fraction of sp³-hybridized carbons (Fsp3) is 0.929. The Balaban J connectivity index is 0. The largest absolute Gasteiger partial charge is 0.481 e. The number of hydrogen-bond donors (Lipinski definition) is 3. The Kier molecular flexibility index (Phi) is 10.2. The molecule has 0 fully saturated rings. The lowest BCUT2D eigenvalue weighted by Crippen LogP contribution is -2.52. The summed E-state index contributed by atoms with van der Waals surface area (Å²) in [6, 6.07) is 0. The molecule has 0 saturated carbocycles. The average molecular weight is 261 g/mol. The summed E-state index contributed by atoms with van der Waals surface area (Å²) < 4.78 is 0. The average Bonchev–Trinajstić information content (AvgIpc) is 2.14. The highest BCUT2D eigenvalue weighted by Gasteiger charge is 2.30. The van der Waals surface area contributed by atoms with Crippen molar-refractivity contribution in [3.05, 3.63) is 0 Å². The van der Waals surface area contributed by atoms with E-state index in [1.807, 2.05) is 0 Å². The number of carboxylic acids is 1. The first-order valence-corrected chi connectivity index (χ1v) is 6.75. The molecule has 0 heterocycles. The van der Waals surface area contributed by atoms with E-state index in [1.165, 1.54) is 19.3 Å². The predicted molar refractivity (Wildman–Crippen MR) is 75.6 cm³/mol. The van der Waals surface area contributed by atoms with Crippen LogP contribution < -0.4 is 5.73 Å². The molecular weight excluding hydrogens is 230 g/mol. The Morgan fingerprint density at radius 2 is 1.44 bits per heavy atom. The fourth-order valence-electron chi connectivity index (χ4n) is 0.880. The van der Waals surface area contributed by atoms with Gasteiger partial charge in [-0.3, -0.25) is 4.79 Å². The van der Waals surface area contributed by atoms with Crippen molar-refractivity contribution in [1.82, 2.24) is 0 Å². The molecule has 0 aromatic carbocycles. The molecule has 4 heteroatoms. The molecule has 0 aliphatic carbocycles. The fourth-order valence-corrected chi connectivity index (χ4v) is 0.880. The normalized spacial score (nSPS) is 11.7. The minimum atomic E-state index is -0.785. The van der Waals surface area contributed by atoms with Crippen LogP contribution in [0.3, 0.4) is 0 Å². The summed E-state index contributed by atoms with van der Waals surface area (Å²) in [5, 5.41) is 17.5. The van der Waals surface area contributed by atoms with E-state index in [1.54, 1.807) is 27.7 Å². The van der Waals surface area contributed by atoms with Crippen LogP contribution in [0.15, 0.2) is 0 Å². The molecular formula is C14H31NO3. The Hall–Kier alpha value is -0.610. The van der Waals surface area contributed by atoms with Crippen molar-refractivity contribution in [1.29, 1.82) is 0 Å². The van der Waals surface area contributed by atoms with Crippen molar-refractivity contribution < 1.29 is 15.0 Å². The number of aliphatic carboxylic acids is 1. The minimum Gasteiger partial charge on any atom is -0.481 e. The number of aliphatic hydroxyl groups is 1. The molecule has 0 aromatic rings. The number of carbonyl (C=O) groups is 1. The maximum Gasteiger partial charge on any atom is 0.303 e. The topological polar surface area (TPSA) is 83.5 Å². The molecule has 0 aromatic heterocycles. The molecule has 0 atom stereocenters. The zero-order chi connectivity index (χ0) is 14.8. The van der Waals surface area contributed by atoms with Crippen LogP contribution in [0.4, 0.5) is 0 Å². The van der Waals surface area contributed by atoms with Gasteiger partial charge in [-0.25, -0.2) is 0 Å². The maximum atomic E-state index is 10.0. The van der Waals surface area contributed by atoms with E-state index < -0.39 is 17.1 Å². The van der Waals surface area contributed by atoms with Crippen molar-refractivity contribution in [3.8, 4) is 0 Å². The van der Waals surface area contributed by atoms with Crippen LogP contribution in [0.5, 0.6) is 0 Å². The summed E-state index contributed by atoms with van der Waals surface area (Å²) in [6.07, 6.45) is 5.88. The maximum absolute atomic E-state index is 10.0. The summed E-state index contributed by atoms with van der Waals surface area (Å²) in [7, 11) is 0. The second-order valence-corrected chi connectivity index (χ2v) is 5.84. The van der Waals surface area contributed by atoms with Gasteiger partial charge >= 0.3 is 5.97 Å². The summed E-state index contributed by atoms with van der Waals surface area (Å²) in [4.78, 5) is 10.0. The van der Waals surface area contributed by atoms with Gasteiger partial charge in [-0.2, -0.15) is 0 Å². The first-order valence-electron chi connectivity index (χ1n) is 6.75. The highest BCUT2D eigenvalue weighted by Crippen LogP contribution is 2.16. The second kappa shape index (κ2) is 9.34. The number of rotatable bonds is 7. The lowest BCUT2D eigenvalue weighted by atomic mass is 9.87. The summed E-state index contributed by atoms with van der Waals surface area (Å²) in [5.74, 6) is -0.670. The van der Waals surface area contributed by atoms with Gasteiger partial charge in [-0.15, -0.1) is 0 Å². The van der Waals surface area contributed by atoms with Gasteiger partial charge in [0, 0.05) is 12.0 Å². The SMILES string of the molecule is CC(C)(N)C(C)(C)O.CCCCCCCC(=O)O. The van der Waals surface area contributed by atoms with E-state index in [0.717, 1.165) is 12.8 Å². The van der Waals surface area contributed by atoms with Gasteiger partial charge in [0.2, 0.25) is 0 Å². The van der Waals surface area contributed by atoms with Crippen molar-refractivity contribution in [3.63, 3.8) is 0 Å². The van der Waals surface area contributed by atoms with Gasteiger partial charge in [-0.05, 0) is 34.1 Å². The van der Waals surface area contributed by atoms with Gasteiger partial charge in [0.15, 0.2) is 0 Å². The Labute approximate surface area is 112 Å². The molecule has 0 radical (unpaired) electrons. The molecule has 0 unspecified atom stereocenters.